The average Bonchev–Trinajstić information content (AvgIpc) is 2.79. The number of benzene rings is 1. The Balaban J connectivity index is 1.75. The van der Waals surface area contributed by atoms with Crippen LogP contribution in [0.3, 0.4) is 0 Å². The monoisotopic (exact) mass is 442 g/mol. The van der Waals surface area contributed by atoms with Crippen LogP contribution in [-0.4, -0.2) is 39.1 Å². The number of carbonyl (C=O) groups is 3. The van der Waals surface area contributed by atoms with Crippen molar-refractivity contribution in [2.24, 2.45) is 0 Å². The van der Waals surface area contributed by atoms with Crippen LogP contribution in [-0.2, 0) is 27.3 Å². The van der Waals surface area contributed by atoms with Crippen LogP contribution >= 0.6 is 0 Å². The highest BCUT2D eigenvalue weighted by atomic mass is 16.5. The Kier molecular flexibility index (Phi) is 10.8. The van der Waals surface area contributed by atoms with E-state index in [9.17, 15) is 19.5 Å². The number of hydroxylamine groups is 1. The predicted octanol–water partition coefficient (Wildman–Crippen LogP) is 2.65. The van der Waals surface area contributed by atoms with Crippen molar-refractivity contribution in [2.45, 2.75) is 57.5 Å². The summed E-state index contributed by atoms with van der Waals surface area (Å²) in [4.78, 5) is 38.8. The molecule has 1 aromatic heterocycles. The summed E-state index contributed by atoms with van der Waals surface area (Å²) in [7, 11) is 0. The van der Waals surface area contributed by atoms with Crippen molar-refractivity contribution in [3.63, 3.8) is 0 Å². The van der Waals surface area contributed by atoms with E-state index in [0.717, 1.165) is 24.0 Å². The predicted molar refractivity (Wildman–Crippen MR) is 119 cm³/mol. The topological polar surface area (TPSA) is 141 Å². The number of carboxylic acids is 1. The van der Waals surface area contributed by atoms with Gasteiger partial charge in [-0.2, -0.15) is 0 Å². The largest absolute Gasteiger partial charge is 0.480 e. The molecule has 2 aromatic rings. The fourth-order valence-corrected chi connectivity index (χ4v) is 3.19. The molecule has 0 spiro atoms. The highest BCUT2D eigenvalue weighted by Gasteiger charge is 2.17. The minimum Gasteiger partial charge on any atom is -0.480 e. The summed E-state index contributed by atoms with van der Waals surface area (Å²) < 4.78 is 0. The number of nitrogens with one attached hydrogen (secondary N) is 3. The molecule has 9 nitrogen and oxygen atoms in total. The maximum absolute atomic E-state index is 12.1. The smallest absolute Gasteiger partial charge is 0.321 e. The molecule has 0 aliphatic heterocycles. The number of pyridine rings is 1. The zero-order valence-corrected chi connectivity index (χ0v) is 17.9. The van der Waals surface area contributed by atoms with E-state index in [1.54, 1.807) is 23.9 Å². The SMILES string of the molecule is O=C(CCCCCCC(=O)Nc1cncc(CNC(Cc2ccccc2)C(=O)O)c1)NO. The number of amides is 2. The Morgan fingerprint density at radius 3 is 2.25 bits per heavy atom. The van der Waals surface area contributed by atoms with Crippen molar-refractivity contribution in [1.29, 1.82) is 0 Å². The van der Waals surface area contributed by atoms with E-state index >= 15 is 0 Å². The Morgan fingerprint density at radius 1 is 0.906 bits per heavy atom. The number of anilines is 1. The summed E-state index contributed by atoms with van der Waals surface area (Å²) in [6, 6.07) is 10.5. The standard InChI is InChI=1S/C23H30N4O5/c28-21(10-6-1-2-7-11-22(29)27-32)26-19-12-18(14-24-16-19)15-25-20(23(30)31)13-17-8-4-3-5-9-17/h3-5,8-9,12,14,16,20,25,32H,1-2,6-7,10-11,13,15H2,(H,26,28)(H,27,29)(H,30,31). The van der Waals surface area contributed by atoms with E-state index in [1.807, 2.05) is 30.3 Å². The van der Waals surface area contributed by atoms with Crippen LogP contribution in [0, 0.1) is 0 Å². The fourth-order valence-electron chi connectivity index (χ4n) is 3.19. The number of nitrogens with zero attached hydrogens (tertiary/aromatic N) is 1. The lowest BCUT2D eigenvalue weighted by Gasteiger charge is -2.15. The van der Waals surface area contributed by atoms with Crippen LogP contribution in [0.25, 0.3) is 0 Å². The average molecular weight is 443 g/mol. The molecule has 2 rings (SSSR count). The first-order chi connectivity index (χ1) is 15.5. The van der Waals surface area contributed by atoms with Crippen molar-refractivity contribution in [3.8, 4) is 0 Å². The van der Waals surface area contributed by atoms with E-state index < -0.39 is 17.9 Å². The molecule has 0 bridgehead atoms. The van der Waals surface area contributed by atoms with Crippen molar-refractivity contribution in [2.75, 3.05) is 5.32 Å². The van der Waals surface area contributed by atoms with Gasteiger partial charge in [0.25, 0.3) is 0 Å². The van der Waals surface area contributed by atoms with Gasteiger partial charge in [0.1, 0.15) is 6.04 Å². The molecule has 32 heavy (non-hydrogen) atoms. The molecule has 172 valence electrons. The molecule has 1 aromatic carbocycles. The van der Waals surface area contributed by atoms with Crippen molar-refractivity contribution in [1.82, 2.24) is 15.8 Å². The summed E-state index contributed by atoms with van der Waals surface area (Å²) in [5, 5.41) is 23.8. The summed E-state index contributed by atoms with van der Waals surface area (Å²) >= 11 is 0. The minimum absolute atomic E-state index is 0.127. The number of aromatic nitrogens is 1. The highest BCUT2D eigenvalue weighted by molar-refractivity contribution is 5.90. The zero-order valence-electron chi connectivity index (χ0n) is 17.9. The van der Waals surface area contributed by atoms with Crippen molar-refractivity contribution in [3.05, 3.63) is 59.9 Å². The first-order valence-electron chi connectivity index (χ1n) is 10.6. The van der Waals surface area contributed by atoms with Gasteiger partial charge in [-0.3, -0.25) is 29.9 Å². The number of aliphatic carboxylic acids is 1. The van der Waals surface area contributed by atoms with Gasteiger partial charge in [-0.1, -0.05) is 43.2 Å². The zero-order chi connectivity index (χ0) is 23.2. The second-order valence-electron chi connectivity index (χ2n) is 7.54. The molecule has 0 saturated carbocycles. The summed E-state index contributed by atoms with van der Waals surface area (Å²) in [5.41, 5.74) is 3.86. The van der Waals surface area contributed by atoms with Gasteiger partial charge in [0.2, 0.25) is 11.8 Å². The Labute approximate surface area is 187 Å². The summed E-state index contributed by atoms with van der Waals surface area (Å²) in [6.45, 7) is 0.307. The van der Waals surface area contributed by atoms with E-state index in [1.165, 1.54) is 0 Å². The number of carboxylic acid groups (broad SMARTS) is 1. The summed E-state index contributed by atoms with van der Waals surface area (Å²) in [5.74, 6) is -1.46. The van der Waals surface area contributed by atoms with Crippen LogP contribution in [0.5, 0.6) is 0 Å². The minimum atomic E-state index is -0.928. The van der Waals surface area contributed by atoms with Gasteiger partial charge in [-0.15, -0.1) is 0 Å². The lowest BCUT2D eigenvalue weighted by Crippen LogP contribution is -2.38. The lowest BCUT2D eigenvalue weighted by molar-refractivity contribution is -0.139. The Morgan fingerprint density at radius 2 is 1.59 bits per heavy atom. The van der Waals surface area contributed by atoms with E-state index in [0.29, 0.717) is 37.9 Å². The third-order valence-corrected chi connectivity index (χ3v) is 4.89. The van der Waals surface area contributed by atoms with Crippen LogP contribution in [0.1, 0.15) is 49.7 Å². The van der Waals surface area contributed by atoms with Crippen LogP contribution in [0.4, 0.5) is 5.69 Å². The number of unbranched alkanes of at least 4 members (excludes halogenated alkanes) is 3. The molecular weight excluding hydrogens is 412 g/mol. The van der Waals surface area contributed by atoms with Gasteiger partial charge in [0.05, 0.1) is 11.9 Å². The maximum atomic E-state index is 12.1. The van der Waals surface area contributed by atoms with Crippen molar-refractivity contribution >= 4 is 23.5 Å². The Bertz CT molecular complexity index is 876. The van der Waals surface area contributed by atoms with E-state index in [2.05, 4.69) is 15.6 Å². The normalized spacial score (nSPS) is 11.5. The van der Waals surface area contributed by atoms with Gasteiger partial charge in [0.15, 0.2) is 0 Å². The molecule has 0 radical (unpaired) electrons. The number of carbonyl (C=O) groups excluding carboxylic acids is 2. The Hall–Kier alpha value is -3.30. The second-order valence-corrected chi connectivity index (χ2v) is 7.54. The van der Waals surface area contributed by atoms with Crippen molar-refractivity contribution < 1.29 is 24.7 Å². The molecule has 9 heteroatoms. The van der Waals surface area contributed by atoms with Gasteiger partial charge < -0.3 is 10.4 Å². The first kappa shape index (κ1) is 25.0. The van der Waals surface area contributed by atoms with Crippen LogP contribution in [0.15, 0.2) is 48.8 Å². The molecule has 1 unspecified atom stereocenters. The first-order valence-corrected chi connectivity index (χ1v) is 10.6. The molecule has 0 aliphatic carbocycles. The van der Waals surface area contributed by atoms with E-state index in [4.69, 9.17) is 5.21 Å². The van der Waals surface area contributed by atoms with Gasteiger partial charge in [-0.25, -0.2) is 5.48 Å². The second kappa shape index (κ2) is 13.9. The lowest BCUT2D eigenvalue weighted by atomic mass is 10.1. The van der Waals surface area contributed by atoms with E-state index in [-0.39, 0.29) is 12.3 Å². The van der Waals surface area contributed by atoms with Gasteiger partial charge in [-0.05, 0) is 36.5 Å². The molecule has 0 aliphatic rings. The third-order valence-electron chi connectivity index (χ3n) is 4.89. The van der Waals surface area contributed by atoms with Crippen LogP contribution < -0.4 is 16.1 Å². The number of hydrogen-bond donors (Lipinski definition) is 5. The molecule has 0 saturated heterocycles. The summed E-state index contributed by atoms with van der Waals surface area (Å²) in [6.07, 6.45) is 7.14. The number of hydrogen-bond acceptors (Lipinski definition) is 6. The maximum Gasteiger partial charge on any atom is 0.321 e. The van der Waals surface area contributed by atoms with Crippen LogP contribution in [0.2, 0.25) is 0 Å². The third kappa shape index (κ3) is 9.67. The molecule has 1 atom stereocenters. The molecule has 5 N–H and O–H groups in total. The quantitative estimate of drug-likeness (QED) is 0.172. The molecule has 2 amide bonds. The number of rotatable bonds is 14. The molecule has 1 heterocycles. The molecule has 0 fully saturated rings. The fraction of sp³-hybridized carbons (Fsp3) is 0.391. The van der Waals surface area contributed by atoms with Gasteiger partial charge >= 0.3 is 5.97 Å². The molecular formula is C23H30N4O5. The highest BCUT2D eigenvalue weighted by Crippen LogP contribution is 2.12. The van der Waals surface area contributed by atoms with Gasteiger partial charge in [0, 0.05) is 25.6 Å².